The van der Waals surface area contributed by atoms with Gasteiger partial charge in [0.15, 0.2) is 0 Å². The monoisotopic (exact) mass is 215 g/mol. The number of nitrogens with zero attached hydrogens (tertiary/aromatic N) is 2. The van der Waals surface area contributed by atoms with Gasteiger partial charge >= 0.3 is 0 Å². The first-order chi connectivity index (χ1) is 7.27. The molecule has 1 N–H and O–H groups in total. The second kappa shape index (κ2) is 4.70. The first kappa shape index (κ1) is 10.5. The van der Waals surface area contributed by atoms with E-state index in [9.17, 15) is 8.78 Å². The summed E-state index contributed by atoms with van der Waals surface area (Å²) in [5, 5.41) is 7.25. The zero-order chi connectivity index (χ0) is 10.7. The Hall–Kier alpha value is -0.970. The molecule has 1 aromatic heterocycles. The van der Waals surface area contributed by atoms with Crippen LogP contribution >= 0.6 is 0 Å². The van der Waals surface area contributed by atoms with Crippen molar-refractivity contribution in [2.45, 2.75) is 38.3 Å². The maximum absolute atomic E-state index is 12.5. The van der Waals surface area contributed by atoms with Gasteiger partial charge in [-0.3, -0.25) is 4.68 Å². The van der Waals surface area contributed by atoms with Gasteiger partial charge in [0.2, 0.25) is 0 Å². The summed E-state index contributed by atoms with van der Waals surface area (Å²) in [5.74, 6) is 0. The van der Waals surface area contributed by atoms with E-state index in [-0.39, 0.29) is 11.7 Å². The molecule has 0 amide bonds. The van der Waals surface area contributed by atoms with E-state index in [0.717, 1.165) is 13.0 Å². The minimum absolute atomic E-state index is 0.0161. The topological polar surface area (TPSA) is 29.9 Å². The van der Waals surface area contributed by atoms with Gasteiger partial charge in [-0.25, -0.2) is 8.78 Å². The number of nitrogens with one attached hydrogen (secondary N) is 1. The molecule has 1 aliphatic rings. The Bertz CT molecular complexity index is 305. The summed E-state index contributed by atoms with van der Waals surface area (Å²) >= 11 is 0. The smallest absolute Gasteiger partial charge is 0.280 e. The molecule has 0 saturated carbocycles. The normalized spacial score (nSPS) is 22.2. The highest BCUT2D eigenvalue weighted by atomic mass is 19.3. The van der Waals surface area contributed by atoms with Crippen molar-refractivity contribution < 1.29 is 8.78 Å². The number of halogens is 2. The zero-order valence-electron chi connectivity index (χ0n) is 8.50. The molecule has 1 aromatic rings. The Morgan fingerprint density at radius 1 is 1.53 bits per heavy atom. The Kier molecular flexibility index (Phi) is 3.30. The summed E-state index contributed by atoms with van der Waals surface area (Å²) in [6, 6.07) is 1.67. The van der Waals surface area contributed by atoms with Crippen LogP contribution in [0.1, 0.15) is 31.4 Å². The molecule has 0 bridgehead atoms. The fourth-order valence-corrected chi connectivity index (χ4v) is 1.97. The summed E-state index contributed by atoms with van der Waals surface area (Å²) in [6.45, 7) is 1.53. The van der Waals surface area contributed by atoms with Crippen LogP contribution in [0, 0.1) is 0 Å². The summed E-state index contributed by atoms with van der Waals surface area (Å²) < 4.78 is 26.5. The van der Waals surface area contributed by atoms with E-state index in [4.69, 9.17) is 0 Å². The SMILES string of the molecule is FC(F)c1ccnn1CC1CCCCN1. The maximum Gasteiger partial charge on any atom is 0.280 e. The summed E-state index contributed by atoms with van der Waals surface area (Å²) in [5.41, 5.74) is 0.0161. The van der Waals surface area contributed by atoms with Gasteiger partial charge in [-0.1, -0.05) is 6.42 Å². The number of alkyl halides is 2. The number of rotatable bonds is 3. The summed E-state index contributed by atoms with van der Waals surface area (Å²) in [6.07, 6.45) is 2.39. The average Bonchev–Trinajstić information content (AvgIpc) is 2.67. The summed E-state index contributed by atoms with van der Waals surface area (Å²) in [4.78, 5) is 0. The van der Waals surface area contributed by atoms with E-state index in [1.165, 1.54) is 29.8 Å². The molecule has 3 nitrogen and oxygen atoms in total. The van der Waals surface area contributed by atoms with Crippen LogP contribution in [-0.4, -0.2) is 22.4 Å². The van der Waals surface area contributed by atoms with E-state index in [1.54, 1.807) is 0 Å². The lowest BCUT2D eigenvalue weighted by atomic mass is 10.1. The predicted molar refractivity (Wildman–Crippen MR) is 52.8 cm³/mol. The molecule has 1 saturated heterocycles. The number of aromatic nitrogens is 2. The third kappa shape index (κ3) is 2.53. The standard InChI is InChI=1S/C10H15F2N3/c11-10(12)9-4-6-14-15(9)7-8-3-1-2-5-13-8/h4,6,8,10,13H,1-3,5,7H2. The number of hydrogen-bond acceptors (Lipinski definition) is 2. The lowest BCUT2D eigenvalue weighted by molar-refractivity contribution is 0.137. The molecule has 5 heteroatoms. The van der Waals surface area contributed by atoms with Gasteiger partial charge in [0.05, 0.1) is 6.54 Å². The molecule has 0 aromatic carbocycles. The van der Waals surface area contributed by atoms with Crippen LogP contribution in [0.15, 0.2) is 12.3 Å². The van der Waals surface area contributed by atoms with E-state index >= 15 is 0 Å². The highest BCUT2D eigenvalue weighted by molar-refractivity contribution is 5.02. The van der Waals surface area contributed by atoms with Gasteiger partial charge in [-0.2, -0.15) is 5.10 Å². The predicted octanol–water partition coefficient (Wildman–Crippen LogP) is 1.96. The minimum atomic E-state index is -2.43. The molecule has 0 spiro atoms. The maximum atomic E-state index is 12.5. The zero-order valence-corrected chi connectivity index (χ0v) is 8.50. The van der Waals surface area contributed by atoms with Gasteiger partial charge in [-0.15, -0.1) is 0 Å². The van der Waals surface area contributed by atoms with E-state index in [0.29, 0.717) is 6.54 Å². The van der Waals surface area contributed by atoms with Crippen molar-refractivity contribution in [2.24, 2.45) is 0 Å². The Labute approximate surface area is 87.5 Å². The molecule has 1 atom stereocenters. The molecule has 0 aliphatic carbocycles. The molecule has 84 valence electrons. The van der Waals surface area contributed by atoms with Crippen molar-refractivity contribution in [3.05, 3.63) is 18.0 Å². The molecule has 2 heterocycles. The first-order valence-electron chi connectivity index (χ1n) is 5.30. The fraction of sp³-hybridized carbons (Fsp3) is 0.700. The minimum Gasteiger partial charge on any atom is -0.312 e. The summed E-state index contributed by atoms with van der Waals surface area (Å²) in [7, 11) is 0. The molecule has 15 heavy (non-hydrogen) atoms. The van der Waals surface area contributed by atoms with Crippen molar-refractivity contribution in [3.63, 3.8) is 0 Å². The Morgan fingerprint density at radius 2 is 2.40 bits per heavy atom. The van der Waals surface area contributed by atoms with Crippen molar-refractivity contribution >= 4 is 0 Å². The van der Waals surface area contributed by atoms with Crippen LogP contribution in [0.4, 0.5) is 8.78 Å². The van der Waals surface area contributed by atoms with Crippen LogP contribution in [0.2, 0.25) is 0 Å². The van der Waals surface area contributed by atoms with E-state index in [1.807, 2.05) is 0 Å². The molecule has 2 rings (SSSR count). The van der Waals surface area contributed by atoms with Crippen molar-refractivity contribution in [3.8, 4) is 0 Å². The lowest BCUT2D eigenvalue weighted by Gasteiger charge is -2.23. The van der Waals surface area contributed by atoms with Gasteiger partial charge in [0.1, 0.15) is 5.69 Å². The highest BCUT2D eigenvalue weighted by Gasteiger charge is 2.18. The third-order valence-corrected chi connectivity index (χ3v) is 2.78. The van der Waals surface area contributed by atoms with Crippen LogP contribution in [-0.2, 0) is 6.54 Å². The Balaban J connectivity index is 1.99. The van der Waals surface area contributed by atoms with Crippen LogP contribution in [0.5, 0.6) is 0 Å². The average molecular weight is 215 g/mol. The molecule has 0 radical (unpaired) electrons. The van der Waals surface area contributed by atoms with Crippen molar-refractivity contribution in [2.75, 3.05) is 6.54 Å². The van der Waals surface area contributed by atoms with E-state index in [2.05, 4.69) is 10.4 Å². The first-order valence-corrected chi connectivity index (χ1v) is 5.30. The molecule has 1 fully saturated rings. The van der Waals surface area contributed by atoms with Gasteiger partial charge in [0, 0.05) is 12.2 Å². The Morgan fingerprint density at radius 3 is 3.07 bits per heavy atom. The molecule has 1 unspecified atom stereocenters. The van der Waals surface area contributed by atoms with Crippen molar-refractivity contribution in [1.82, 2.24) is 15.1 Å². The molecular formula is C10H15F2N3. The van der Waals surface area contributed by atoms with Gasteiger partial charge in [-0.05, 0) is 25.5 Å². The lowest BCUT2D eigenvalue weighted by Crippen LogP contribution is -2.37. The van der Waals surface area contributed by atoms with Gasteiger partial charge in [0.25, 0.3) is 6.43 Å². The van der Waals surface area contributed by atoms with Crippen LogP contribution < -0.4 is 5.32 Å². The highest BCUT2D eigenvalue weighted by Crippen LogP contribution is 2.19. The molecular weight excluding hydrogens is 200 g/mol. The van der Waals surface area contributed by atoms with Crippen molar-refractivity contribution in [1.29, 1.82) is 0 Å². The number of hydrogen-bond donors (Lipinski definition) is 1. The second-order valence-electron chi connectivity index (χ2n) is 3.89. The van der Waals surface area contributed by atoms with Gasteiger partial charge < -0.3 is 5.32 Å². The molecule has 1 aliphatic heterocycles. The van der Waals surface area contributed by atoms with Crippen LogP contribution in [0.3, 0.4) is 0 Å². The fourth-order valence-electron chi connectivity index (χ4n) is 1.97. The quantitative estimate of drug-likeness (QED) is 0.835. The van der Waals surface area contributed by atoms with E-state index < -0.39 is 6.43 Å². The number of piperidine rings is 1. The second-order valence-corrected chi connectivity index (χ2v) is 3.89. The largest absolute Gasteiger partial charge is 0.312 e. The van der Waals surface area contributed by atoms with Crippen LogP contribution in [0.25, 0.3) is 0 Å². The third-order valence-electron chi connectivity index (χ3n) is 2.78.